The van der Waals surface area contributed by atoms with Gasteiger partial charge in [-0.3, -0.25) is 9.20 Å². The summed E-state index contributed by atoms with van der Waals surface area (Å²) in [5.74, 6) is -0.407. The van der Waals surface area contributed by atoms with E-state index in [9.17, 15) is 4.79 Å². The van der Waals surface area contributed by atoms with Crippen LogP contribution in [0.4, 0.5) is 0 Å². The molecule has 0 radical (unpaired) electrons. The largest absolute Gasteiger partial charge is 0.312 e. The van der Waals surface area contributed by atoms with Crippen LogP contribution in [-0.4, -0.2) is 27.6 Å². The summed E-state index contributed by atoms with van der Waals surface area (Å²) in [6.07, 6.45) is 4.17. The van der Waals surface area contributed by atoms with Gasteiger partial charge >= 0.3 is 0 Å². The molecule has 0 aliphatic rings. The monoisotopic (exact) mass is 242 g/mol. The maximum atomic E-state index is 11.6. The van der Waals surface area contributed by atoms with Crippen LogP contribution in [0.3, 0.4) is 0 Å². The molecule has 2 aromatic heterocycles. The summed E-state index contributed by atoms with van der Waals surface area (Å²) in [6.45, 7) is 3.31. The van der Waals surface area contributed by atoms with Crippen LogP contribution in [0.1, 0.15) is 34.6 Å². The highest BCUT2D eigenvalue weighted by molar-refractivity contribution is 5.94. The van der Waals surface area contributed by atoms with Crippen molar-refractivity contribution in [1.29, 1.82) is 10.8 Å². The molecule has 0 unspecified atom stereocenters. The molecule has 0 bridgehead atoms. The SMILES string of the molecule is CC(=O)c1c(C)nc2ccc(C(C=N)C=N)cn12. The van der Waals surface area contributed by atoms with Gasteiger partial charge in [0.05, 0.1) is 11.6 Å². The van der Waals surface area contributed by atoms with Gasteiger partial charge in [0.25, 0.3) is 0 Å². The van der Waals surface area contributed by atoms with Crippen LogP contribution in [0.2, 0.25) is 0 Å². The van der Waals surface area contributed by atoms with Gasteiger partial charge in [-0.05, 0) is 18.6 Å². The molecule has 0 saturated heterocycles. The van der Waals surface area contributed by atoms with E-state index in [1.54, 1.807) is 23.6 Å². The van der Waals surface area contributed by atoms with E-state index in [1.165, 1.54) is 19.4 Å². The van der Waals surface area contributed by atoms with Crippen LogP contribution >= 0.6 is 0 Å². The van der Waals surface area contributed by atoms with Crippen molar-refractivity contribution in [2.24, 2.45) is 0 Å². The summed E-state index contributed by atoms with van der Waals surface area (Å²) < 4.78 is 1.73. The predicted octanol–water partition coefficient (Wildman–Crippen LogP) is 2.23. The molecule has 2 heterocycles. The van der Waals surface area contributed by atoms with Crippen molar-refractivity contribution in [3.8, 4) is 0 Å². The summed E-state index contributed by atoms with van der Waals surface area (Å²) in [5, 5.41) is 14.6. The minimum absolute atomic E-state index is 0.0431. The Morgan fingerprint density at radius 3 is 2.61 bits per heavy atom. The second-order valence-corrected chi connectivity index (χ2v) is 4.15. The summed E-state index contributed by atoms with van der Waals surface area (Å²) in [7, 11) is 0. The zero-order chi connectivity index (χ0) is 13.3. The average Bonchev–Trinajstić information content (AvgIpc) is 2.66. The Morgan fingerprint density at radius 1 is 1.39 bits per heavy atom. The number of hydrogen-bond acceptors (Lipinski definition) is 4. The number of carbonyl (C=O) groups excluding carboxylic acids is 1. The predicted molar refractivity (Wildman–Crippen MR) is 70.2 cm³/mol. The Morgan fingerprint density at radius 2 is 2.06 bits per heavy atom. The lowest BCUT2D eigenvalue weighted by Gasteiger charge is -2.07. The maximum absolute atomic E-state index is 11.6. The summed E-state index contributed by atoms with van der Waals surface area (Å²) in [6, 6.07) is 3.63. The molecule has 5 heteroatoms. The first-order valence-corrected chi connectivity index (χ1v) is 5.59. The molecule has 2 N–H and O–H groups in total. The lowest BCUT2D eigenvalue weighted by molar-refractivity contribution is 0.101. The molecule has 0 aliphatic heterocycles. The third-order valence-electron chi connectivity index (χ3n) is 2.89. The fourth-order valence-corrected chi connectivity index (χ4v) is 2.04. The number of carbonyl (C=O) groups is 1. The molecule has 2 aromatic rings. The maximum Gasteiger partial charge on any atom is 0.178 e. The lowest BCUT2D eigenvalue weighted by Crippen LogP contribution is -2.05. The van der Waals surface area contributed by atoms with Gasteiger partial charge < -0.3 is 10.8 Å². The van der Waals surface area contributed by atoms with Crippen molar-refractivity contribution in [3.05, 3.63) is 35.3 Å². The highest BCUT2D eigenvalue weighted by Gasteiger charge is 2.14. The van der Waals surface area contributed by atoms with Gasteiger partial charge in [0.15, 0.2) is 5.78 Å². The zero-order valence-electron chi connectivity index (χ0n) is 10.3. The van der Waals surface area contributed by atoms with E-state index < -0.39 is 0 Å². The second kappa shape index (κ2) is 4.52. The van der Waals surface area contributed by atoms with Gasteiger partial charge in [-0.2, -0.15) is 0 Å². The van der Waals surface area contributed by atoms with Crippen LogP contribution in [0, 0.1) is 17.7 Å². The van der Waals surface area contributed by atoms with E-state index in [0.717, 1.165) is 5.56 Å². The third kappa shape index (κ3) is 1.84. The van der Waals surface area contributed by atoms with Crippen molar-refractivity contribution in [2.45, 2.75) is 19.8 Å². The first-order chi connectivity index (χ1) is 8.58. The number of aryl methyl sites for hydroxylation is 1. The first-order valence-electron chi connectivity index (χ1n) is 5.59. The molecule has 92 valence electrons. The topological polar surface area (TPSA) is 82.1 Å². The van der Waals surface area contributed by atoms with Gasteiger partial charge in [-0.1, -0.05) is 6.07 Å². The second-order valence-electron chi connectivity index (χ2n) is 4.15. The fraction of sp³-hybridized carbons (Fsp3) is 0.231. The number of aromatic nitrogens is 2. The molecular weight excluding hydrogens is 228 g/mol. The van der Waals surface area contributed by atoms with Gasteiger partial charge in [0, 0.05) is 25.5 Å². The number of nitrogens with zero attached hydrogens (tertiary/aromatic N) is 2. The highest BCUT2D eigenvalue weighted by atomic mass is 16.1. The highest BCUT2D eigenvalue weighted by Crippen LogP contribution is 2.17. The van der Waals surface area contributed by atoms with Gasteiger partial charge in [-0.25, -0.2) is 4.98 Å². The molecule has 0 atom stereocenters. The minimum Gasteiger partial charge on any atom is -0.312 e. The van der Waals surface area contributed by atoms with Gasteiger partial charge in [0.1, 0.15) is 11.3 Å². The number of imidazole rings is 1. The number of pyridine rings is 1. The van der Waals surface area contributed by atoms with Crippen LogP contribution in [0.5, 0.6) is 0 Å². The Bertz CT molecular complexity index is 634. The molecule has 0 fully saturated rings. The lowest BCUT2D eigenvalue weighted by atomic mass is 10.0. The zero-order valence-corrected chi connectivity index (χ0v) is 10.3. The van der Waals surface area contributed by atoms with Crippen molar-refractivity contribution in [2.75, 3.05) is 0 Å². The number of nitrogens with one attached hydrogen (secondary N) is 2. The molecule has 2 rings (SSSR count). The standard InChI is InChI=1S/C13H14N4O/c1-8-13(9(2)18)17-7-10(11(5-14)6-15)3-4-12(17)16-8/h3-7,11,14-15H,1-2H3. The van der Waals surface area contributed by atoms with Gasteiger partial charge in [-0.15, -0.1) is 0 Å². The molecule has 0 aromatic carbocycles. The Kier molecular flexibility index (Phi) is 3.06. The van der Waals surface area contributed by atoms with Crippen LogP contribution < -0.4 is 0 Å². The Labute approximate surface area is 104 Å². The molecule has 0 aliphatic carbocycles. The Balaban J connectivity index is 2.69. The normalized spacial score (nSPS) is 12.3. The van der Waals surface area contributed by atoms with E-state index >= 15 is 0 Å². The smallest absolute Gasteiger partial charge is 0.178 e. The molecule has 5 nitrogen and oxygen atoms in total. The minimum atomic E-state index is -0.364. The van der Waals surface area contributed by atoms with E-state index in [1.807, 2.05) is 6.07 Å². The first kappa shape index (κ1) is 12.2. The quantitative estimate of drug-likeness (QED) is 0.636. The Hall–Kier alpha value is -2.30. The van der Waals surface area contributed by atoms with Crippen LogP contribution in [0.15, 0.2) is 18.3 Å². The van der Waals surface area contributed by atoms with Crippen molar-refractivity contribution in [1.82, 2.24) is 9.38 Å². The molecule has 0 spiro atoms. The number of hydrogen-bond donors (Lipinski definition) is 2. The van der Waals surface area contributed by atoms with Crippen LogP contribution in [0.25, 0.3) is 5.65 Å². The third-order valence-corrected chi connectivity index (χ3v) is 2.89. The molecule has 0 amide bonds. The summed E-state index contributed by atoms with van der Waals surface area (Å²) in [4.78, 5) is 15.9. The number of fused-ring (bicyclic) bond motifs is 1. The van der Waals surface area contributed by atoms with Crippen LogP contribution in [-0.2, 0) is 0 Å². The van der Waals surface area contributed by atoms with E-state index in [4.69, 9.17) is 10.8 Å². The number of rotatable bonds is 4. The van der Waals surface area contributed by atoms with Crippen molar-refractivity contribution < 1.29 is 4.79 Å². The molecule has 0 saturated carbocycles. The fourth-order valence-electron chi connectivity index (χ4n) is 2.04. The van der Waals surface area contributed by atoms with Crippen molar-refractivity contribution in [3.63, 3.8) is 0 Å². The molecule has 18 heavy (non-hydrogen) atoms. The van der Waals surface area contributed by atoms with Crippen molar-refractivity contribution >= 4 is 23.9 Å². The van der Waals surface area contributed by atoms with Gasteiger partial charge in [0.2, 0.25) is 0 Å². The summed E-state index contributed by atoms with van der Waals surface area (Å²) in [5.41, 5.74) is 2.75. The molecular formula is C13H14N4O. The van der Waals surface area contributed by atoms with E-state index in [0.29, 0.717) is 17.0 Å². The summed E-state index contributed by atoms with van der Waals surface area (Å²) >= 11 is 0. The number of ketones is 1. The number of Topliss-reactive ketones (excluding diaryl/α,β-unsaturated/α-hetero) is 1. The van der Waals surface area contributed by atoms with E-state index in [2.05, 4.69) is 4.98 Å². The van der Waals surface area contributed by atoms with E-state index in [-0.39, 0.29) is 11.7 Å². The average molecular weight is 242 g/mol.